The van der Waals surface area contributed by atoms with Crippen LogP contribution in [0.4, 0.5) is 11.4 Å². The third-order valence-corrected chi connectivity index (χ3v) is 5.01. The molecule has 0 aliphatic carbocycles. The van der Waals surface area contributed by atoms with Gasteiger partial charge in [0.05, 0.1) is 5.75 Å². The molecule has 112 valence electrons. The zero-order valence-corrected chi connectivity index (χ0v) is 12.4. The van der Waals surface area contributed by atoms with E-state index in [9.17, 15) is 13.2 Å². The monoisotopic (exact) mass is 300 g/mol. The fraction of sp³-hybridized carbons (Fsp3) is 0.462. The Hall–Kier alpha value is -1.60. The molecule has 1 amide bonds. The average molecular weight is 300 g/mol. The largest absolute Gasteiger partial charge is 0.399 e. The first-order chi connectivity index (χ1) is 9.36. The number of ether oxygens (including phenoxy) is 1. The second-order valence-corrected chi connectivity index (χ2v) is 6.91. The lowest BCUT2D eigenvalue weighted by Gasteiger charge is -2.13. The van der Waals surface area contributed by atoms with Crippen molar-refractivity contribution in [2.45, 2.75) is 18.6 Å². The fourth-order valence-corrected chi connectivity index (χ4v) is 2.81. The molecule has 3 N–H and O–H groups in total. The van der Waals surface area contributed by atoms with Crippen LogP contribution in [0.5, 0.6) is 0 Å². The van der Waals surface area contributed by atoms with Crippen LogP contribution in [0.1, 0.15) is 13.3 Å². The normalized spacial score (nSPS) is 12.9. The van der Waals surface area contributed by atoms with Crippen LogP contribution in [0.25, 0.3) is 0 Å². The van der Waals surface area contributed by atoms with Gasteiger partial charge in [0.2, 0.25) is 5.91 Å². The number of nitrogens with one attached hydrogen (secondary N) is 1. The van der Waals surface area contributed by atoms with E-state index in [1.165, 1.54) is 14.0 Å². The van der Waals surface area contributed by atoms with Gasteiger partial charge in [-0.3, -0.25) is 4.79 Å². The van der Waals surface area contributed by atoms with Gasteiger partial charge < -0.3 is 15.8 Å². The van der Waals surface area contributed by atoms with Gasteiger partial charge in [0.25, 0.3) is 0 Å². The molecule has 6 nitrogen and oxygen atoms in total. The van der Waals surface area contributed by atoms with Crippen LogP contribution in [0, 0.1) is 0 Å². The summed E-state index contributed by atoms with van der Waals surface area (Å²) in [5.74, 6) is -0.621. The molecule has 1 aromatic rings. The molecule has 1 aromatic carbocycles. The number of amides is 1. The standard InChI is InChI=1S/C13H20N2O4S/c1-10(20(17,18)9-3-8-19-2)13(16)15-12-6-4-11(14)5-7-12/h4-7,10H,3,8-9,14H2,1-2H3,(H,15,16). The maximum Gasteiger partial charge on any atom is 0.242 e. The predicted molar refractivity (Wildman–Crippen MR) is 79.2 cm³/mol. The molecule has 0 saturated carbocycles. The van der Waals surface area contributed by atoms with Gasteiger partial charge in [0.15, 0.2) is 9.84 Å². The lowest BCUT2D eigenvalue weighted by molar-refractivity contribution is -0.115. The molecule has 1 unspecified atom stereocenters. The first kappa shape index (κ1) is 16.5. The second-order valence-electron chi connectivity index (χ2n) is 4.47. The Morgan fingerprint density at radius 1 is 1.35 bits per heavy atom. The van der Waals surface area contributed by atoms with E-state index < -0.39 is 21.0 Å². The van der Waals surface area contributed by atoms with E-state index in [0.717, 1.165) is 0 Å². The number of hydrogen-bond acceptors (Lipinski definition) is 5. The highest BCUT2D eigenvalue weighted by molar-refractivity contribution is 7.92. The molecule has 0 aliphatic heterocycles. The number of nitrogens with two attached hydrogens (primary N) is 1. The summed E-state index contributed by atoms with van der Waals surface area (Å²) in [6, 6.07) is 6.51. The smallest absolute Gasteiger partial charge is 0.242 e. The maximum atomic E-state index is 12.0. The lowest BCUT2D eigenvalue weighted by atomic mass is 10.3. The predicted octanol–water partition coefficient (Wildman–Crippen LogP) is 1.05. The maximum absolute atomic E-state index is 12.0. The first-order valence-electron chi connectivity index (χ1n) is 6.23. The number of carbonyl (C=O) groups excluding carboxylic acids is 1. The van der Waals surface area contributed by atoms with Crippen LogP contribution in [-0.2, 0) is 19.4 Å². The van der Waals surface area contributed by atoms with E-state index in [4.69, 9.17) is 10.5 Å². The molecule has 0 radical (unpaired) electrons. The van der Waals surface area contributed by atoms with Crippen LogP contribution in [0.15, 0.2) is 24.3 Å². The van der Waals surface area contributed by atoms with Gasteiger partial charge in [-0.05, 0) is 37.6 Å². The zero-order valence-electron chi connectivity index (χ0n) is 11.6. The lowest BCUT2D eigenvalue weighted by Crippen LogP contribution is -2.34. The summed E-state index contributed by atoms with van der Waals surface area (Å²) in [6.45, 7) is 1.74. The van der Waals surface area contributed by atoms with Crippen molar-refractivity contribution >= 4 is 27.1 Å². The quantitative estimate of drug-likeness (QED) is 0.579. The Balaban J connectivity index is 2.64. The number of methoxy groups -OCH3 is 1. The average Bonchev–Trinajstić information content (AvgIpc) is 2.40. The molecule has 0 heterocycles. The SMILES string of the molecule is COCCCS(=O)(=O)C(C)C(=O)Nc1ccc(N)cc1. The topological polar surface area (TPSA) is 98.5 Å². The van der Waals surface area contributed by atoms with Crippen molar-refractivity contribution in [1.82, 2.24) is 0 Å². The van der Waals surface area contributed by atoms with Crippen molar-refractivity contribution in [3.05, 3.63) is 24.3 Å². The summed E-state index contributed by atoms with van der Waals surface area (Å²) >= 11 is 0. The van der Waals surface area contributed by atoms with Gasteiger partial charge in [0, 0.05) is 25.1 Å². The third kappa shape index (κ3) is 4.82. The summed E-state index contributed by atoms with van der Waals surface area (Å²) in [5, 5.41) is 1.46. The van der Waals surface area contributed by atoms with Crippen molar-refractivity contribution in [1.29, 1.82) is 0 Å². The fourth-order valence-electron chi connectivity index (χ4n) is 1.55. The number of sulfone groups is 1. The Morgan fingerprint density at radius 3 is 2.50 bits per heavy atom. The van der Waals surface area contributed by atoms with Crippen LogP contribution in [-0.4, -0.2) is 39.0 Å². The molecular weight excluding hydrogens is 280 g/mol. The van der Waals surface area contributed by atoms with E-state index in [0.29, 0.717) is 24.4 Å². The molecule has 7 heteroatoms. The molecule has 0 saturated heterocycles. The van der Waals surface area contributed by atoms with Gasteiger partial charge in [-0.1, -0.05) is 0 Å². The molecule has 0 fully saturated rings. The summed E-state index contributed by atoms with van der Waals surface area (Å²) < 4.78 is 28.7. The number of anilines is 2. The van der Waals surface area contributed by atoms with Crippen molar-refractivity contribution in [2.75, 3.05) is 30.5 Å². The van der Waals surface area contributed by atoms with Crippen molar-refractivity contribution in [2.24, 2.45) is 0 Å². The van der Waals surface area contributed by atoms with Crippen LogP contribution in [0.2, 0.25) is 0 Å². The number of benzene rings is 1. The Bertz CT molecular complexity index is 540. The molecule has 0 aliphatic rings. The summed E-state index contributed by atoms with van der Waals surface area (Å²) in [4.78, 5) is 11.9. The zero-order chi connectivity index (χ0) is 15.2. The highest BCUT2D eigenvalue weighted by Gasteiger charge is 2.27. The molecule has 0 bridgehead atoms. The molecule has 1 atom stereocenters. The van der Waals surface area contributed by atoms with Gasteiger partial charge in [-0.15, -0.1) is 0 Å². The van der Waals surface area contributed by atoms with E-state index in [2.05, 4.69) is 5.32 Å². The van der Waals surface area contributed by atoms with E-state index in [1.54, 1.807) is 24.3 Å². The molecule has 1 rings (SSSR count). The van der Waals surface area contributed by atoms with Gasteiger partial charge in [0.1, 0.15) is 5.25 Å². The Kier molecular flexibility index (Phi) is 5.97. The number of carbonyl (C=O) groups is 1. The van der Waals surface area contributed by atoms with Crippen LogP contribution >= 0.6 is 0 Å². The molecule has 0 aromatic heterocycles. The van der Waals surface area contributed by atoms with Crippen molar-refractivity contribution < 1.29 is 17.9 Å². The van der Waals surface area contributed by atoms with E-state index in [1.807, 2.05) is 0 Å². The summed E-state index contributed by atoms with van der Waals surface area (Å²) in [6.07, 6.45) is 0.373. The molecule has 0 spiro atoms. The minimum Gasteiger partial charge on any atom is -0.399 e. The van der Waals surface area contributed by atoms with E-state index in [-0.39, 0.29) is 5.75 Å². The van der Waals surface area contributed by atoms with Gasteiger partial charge in [-0.2, -0.15) is 0 Å². The second kappa shape index (κ2) is 7.25. The minimum absolute atomic E-state index is 0.0723. The number of rotatable bonds is 7. The van der Waals surface area contributed by atoms with Crippen LogP contribution < -0.4 is 11.1 Å². The van der Waals surface area contributed by atoms with Crippen molar-refractivity contribution in [3.8, 4) is 0 Å². The summed E-state index contributed by atoms with van der Waals surface area (Å²) in [5.41, 5.74) is 6.62. The summed E-state index contributed by atoms with van der Waals surface area (Å²) in [7, 11) is -1.97. The Labute approximate surface area is 119 Å². The highest BCUT2D eigenvalue weighted by Crippen LogP contribution is 2.13. The van der Waals surface area contributed by atoms with Gasteiger partial charge in [-0.25, -0.2) is 8.42 Å². The Morgan fingerprint density at radius 2 is 1.95 bits per heavy atom. The minimum atomic E-state index is -3.48. The highest BCUT2D eigenvalue weighted by atomic mass is 32.2. The number of nitrogen functional groups attached to an aromatic ring is 1. The van der Waals surface area contributed by atoms with Crippen molar-refractivity contribution in [3.63, 3.8) is 0 Å². The third-order valence-electron chi connectivity index (χ3n) is 2.86. The molecular formula is C13H20N2O4S. The van der Waals surface area contributed by atoms with E-state index >= 15 is 0 Å². The first-order valence-corrected chi connectivity index (χ1v) is 7.95. The van der Waals surface area contributed by atoms with Crippen LogP contribution in [0.3, 0.4) is 0 Å². The number of hydrogen-bond donors (Lipinski definition) is 2. The van der Waals surface area contributed by atoms with Gasteiger partial charge >= 0.3 is 0 Å². The molecule has 20 heavy (non-hydrogen) atoms.